The molecule has 2 bridgehead atoms. The summed E-state index contributed by atoms with van der Waals surface area (Å²) in [4.78, 5) is 11.5. The molecule has 100 valence electrons. The van der Waals surface area contributed by atoms with Crippen molar-refractivity contribution in [3.63, 3.8) is 0 Å². The van der Waals surface area contributed by atoms with Crippen LogP contribution in [-0.2, 0) is 0 Å². The third-order valence-corrected chi connectivity index (χ3v) is 5.29. The van der Waals surface area contributed by atoms with Gasteiger partial charge in [-0.05, 0) is 60.9 Å². The second-order valence-electron chi connectivity index (χ2n) is 5.96. The van der Waals surface area contributed by atoms with Crippen molar-refractivity contribution < 1.29 is 0 Å². The Kier molecular flexibility index (Phi) is 2.87. The van der Waals surface area contributed by atoms with Gasteiger partial charge in [0, 0.05) is 24.5 Å². The van der Waals surface area contributed by atoms with Gasteiger partial charge < -0.3 is 4.90 Å². The number of allylic oxidation sites excluding steroid dienone is 1. The second kappa shape index (κ2) is 4.58. The van der Waals surface area contributed by atoms with Crippen LogP contribution in [-0.4, -0.2) is 22.1 Å². The van der Waals surface area contributed by atoms with Crippen molar-refractivity contribution in [2.45, 2.75) is 57.0 Å². The van der Waals surface area contributed by atoms with Crippen molar-refractivity contribution >= 4 is 21.9 Å². The van der Waals surface area contributed by atoms with Crippen LogP contribution in [0.4, 0.5) is 5.95 Å². The summed E-state index contributed by atoms with van der Waals surface area (Å²) in [5, 5.41) is 0. The van der Waals surface area contributed by atoms with E-state index in [9.17, 15) is 0 Å². The van der Waals surface area contributed by atoms with E-state index in [4.69, 9.17) is 0 Å². The minimum atomic E-state index is 0.642. The average Bonchev–Trinajstić information content (AvgIpc) is 2.61. The number of rotatable bonds is 1. The van der Waals surface area contributed by atoms with Gasteiger partial charge >= 0.3 is 0 Å². The minimum absolute atomic E-state index is 0.642. The summed E-state index contributed by atoms with van der Waals surface area (Å²) in [6.07, 6.45) is 13.0. The summed E-state index contributed by atoms with van der Waals surface area (Å²) >= 11 is 3.41. The fourth-order valence-corrected chi connectivity index (χ4v) is 3.98. The first-order valence-electron chi connectivity index (χ1n) is 7.27. The van der Waals surface area contributed by atoms with E-state index in [1.54, 1.807) is 11.1 Å². The quantitative estimate of drug-likeness (QED) is 0.736. The molecule has 0 spiro atoms. The molecule has 0 amide bonds. The van der Waals surface area contributed by atoms with Gasteiger partial charge in [-0.3, -0.25) is 0 Å². The molecule has 2 saturated heterocycles. The van der Waals surface area contributed by atoms with Crippen molar-refractivity contribution in [1.29, 1.82) is 0 Å². The summed E-state index contributed by atoms with van der Waals surface area (Å²) in [7, 11) is 0. The van der Waals surface area contributed by atoms with Gasteiger partial charge in [0.1, 0.15) is 0 Å². The number of fused-ring (bicyclic) bond motifs is 2. The molecule has 3 aliphatic rings. The topological polar surface area (TPSA) is 29.0 Å². The van der Waals surface area contributed by atoms with Crippen LogP contribution in [0.2, 0.25) is 0 Å². The van der Waals surface area contributed by atoms with Gasteiger partial charge in [-0.15, -0.1) is 0 Å². The molecule has 4 rings (SSSR count). The molecule has 2 unspecified atom stereocenters. The first-order chi connectivity index (χ1) is 9.31. The Morgan fingerprint density at radius 1 is 1.00 bits per heavy atom. The van der Waals surface area contributed by atoms with E-state index in [2.05, 4.69) is 30.8 Å². The van der Waals surface area contributed by atoms with Crippen molar-refractivity contribution in [1.82, 2.24) is 9.97 Å². The molecule has 4 heteroatoms. The molecular formula is C15H18BrN3. The SMILES string of the molecule is Brc1cnc(N2C3CCC2CC(=C2CCC2)C3)nc1. The summed E-state index contributed by atoms with van der Waals surface area (Å²) in [5.74, 6) is 0.924. The predicted octanol–water partition coefficient (Wildman–Crippen LogP) is 3.85. The van der Waals surface area contributed by atoms with E-state index in [-0.39, 0.29) is 0 Å². The predicted molar refractivity (Wildman–Crippen MR) is 79.1 cm³/mol. The monoisotopic (exact) mass is 319 g/mol. The van der Waals surface area contributed by atoms with Gasteiger partial charge in [-0.2, -0.15) is 0 Å². The lowest BCUT2D eigenvalue weighted by Gasteiger charge is -2.38. The largest absolute Gasteiger partial charge is 0.334 e. The van der Waals surface area contributed by atoms with E-state index >= 15 is 0 Å². The van der Waals surface area contributed by atoms with Crippen molar-refractivity contribution in [3.05, 3.63) is 28.0 Å². The molecule has 1 aliphatic carbocycles. The van der Waals surface area contributed by atoms with Gasteiger partial charge in [0.25, 0.3) is 0 Å². The highest BCUT2D eigenvalue weighted by Crippen LogP contribution is 2.44. The van der Waals surface area contributed by atoms with E-state index in [0.717, 1.165) is 10.4 Å². The number of hydrogen-bond acceptors (Lipinski definition) is 3. The molecule has 0 radical (unpaired) electrons. The van der Waals surface area contributed by atoms with Crippen molar-refractivity contribution in [2.75, 3.05) is 4.90 Å². The summed E-state index contributed by atoms with van der Waals surface area (Å²) < 4.78 is 0.956. The van der Waals surface area contributed by atoms with Gasteiger partial charge in [-0.25, -0.2) is 9.97 Å². The number of anilines is 1. The molecule has 19 heavy (non-hydrogen) atoms. The fraction of sp³-hybridized carbons (Fsp3) is 0.600. The van der Waals surface area contributed by atoms with Gasteiger partial charge in [-0.1, -0.05) is 11.1 Å². The Hall–Kier alpha value is -0.900. The van der Waals surface area contributed by atoms with Crippen LogP contribution in [0.1, 0.15) is 44.9 Å². The Morgan fingerprint density at radius 3 is 2.16 bits per heavy atom. The summed E-state index contributed by atoms with van der Waals surface area (Å²) in [5.41, 5.74) is 3.54. The van der Waals surface area contributed by atoms with E-state index < -0.39 is 0 Å². The fourth-order valence-electron chi connectivity index (χ4n) is 3.78. The molecule has 0 N–H and O–H groups in total. The molecule has 1 saturated carbocycles. The molecule has 1 aromatic heterocycles. The third-order valence-electron chi connectivity index (χ3n) is 4.88. The summed E-state index contributed by atoms with van der Waals surface area (Å²) in [6.45, 7) is 0. The number of nitrogens with zero attached hydrogens (tertiary/aromatic N) is 3. The molecule has 1 aromatic rings. The maximum absolute atomic E-state index is 4.50. The number of halogens is 1. The summed E-state index contributed by atoms with van der Waals surface area (Å²) in [6, 6.07) is 1.28. The zero-order chi connectivity index (χ0) is 12.8. The molecule has 2 atom stereocenters. The average molecular weight is 320 g/mol. The number of aromatic nitrogens is 2. The van der Waals surface area contributed by atoms with Gasteiger partial charge in [0.15, 0.2) is 0 Å². The Morgan fingerprint density at radius 2 is 1.63 bits per heavy atom. The lowest BCUT2D eigenvalue weighted by Crippen LogP contribution is -2.42. The molecule has 3 fully saturated rings. The highest BCUT2D eigenvalue weighted by molar-refractivity contribution is 9.10. The normalized spacial score (nSPS) is 29.6. The lowest BCUT2D eigenvalue weighted by molar-refractivity contribution is 0.514. The zero-order valence-corrected chi connectivity index (χ0v) is 12.6. The molecule has 3 heterocycles. The minimum Gasteiger partial charge on any atom is -0.334 e. The number of piperidine rings is 1. The molecule has 3 nitrogen and oxygen atoms in total. The van der Waals surface area contributed by atoms with Crippen LogP contribution >= 0.6 is 15.9 Å². The van der Waals surface area contributed by atoms with Crippen LogP contribution in [0.15, 0.2) is 28.0 Å². The van der Waals surface area contributed by atoms with Crippen LogP contribution in [0, 0.1) is 0 Å². The maximum Gasteiger partial charge on any atom is 0.225 e. The Balaban J connectivity index is 1.61. The van der Waals surface area contributed by atoms with Crippen LogP contribution in [0.3, 0.4) is 0 Å². The highest BCUT2D eigenvalue weighted by atomic mass is 79.9. The molecule has 2 aliphatic heterocycles. The smallest absolute Gasteiger partial charge is 0.225 e. The first kappa shape index (κ1) is 11.9. The highest BCUT2D eigenvalue weighted by Gasteiger charge is 2.40. The van der Waals surface area contributed by atoms with Crippen molar-refractivity contribution in [3.8, 4) is 0 Å². The number of hydrogen-bond donors (Lipinski definition) is 0. The second-order valence-corrected chi connectivity index (χ2v) is 6.88. The van der Waals surface area contributed by atoms with Crippen molar-refractivity contribution in [2.24, 2.45) is 0 Å². The van der Waals surface area contributed by atoms with E-state index in [1.807, 2.05) is 12.4 Å². The lowest BCUT2D eigenvalue weighted by atomic mass is 9.82. The zero-order valence-electron chi connectivity index (χ0n) is 11.0. The standard InChI is InChI=1S/C15H18BrN3/c16-12-8-17-15(18-9-12)19-13-4-5-14(19)7-11(6-13)10-2-1-3-10/h8-9,13-14H,1-7H2. The van der Waals surface area contributed by atoms with E-state index in [1.165, 1.54) is 44.9 Å². The van der Waals surface area contributed by atoms with Crippen LogP contribution in [0.25, 0.3) is 0 Å². The van der Waals surface area contributed by atoms with Crippen LogP contribution < -0.4 is 4.90 Å². The third kappa shape index (κ3) is 2.00. The van der Waals surface area contributed by atoms with Crippen LogP contribution in [0.5, 0.6) is 0 Å². The maximum atomic E-state index is 4.50. The van der Waals surface area contributed by atoms with E-state index in [0.29, 0.717) is 12.1 Å². The Bertz CT molecular complexity index is 501. The first-order valence-corrected chi connectivity index (χ1v) is 8.06. The molecular weight excluding hydrogens is 302 g/mol. The molecule has 0 aromatic carbocycles. The Labute approximate surface area is 122 Å². The van der Waals surface area contributed by atoms with Gasteiger partial charge in [0.2, 0.25) is 5.95 Å². The van der Waals surface area contributed by atoms with Gasteiger partial charge in [0.05, 0.1) is 4.47 Å².